The van der Waals surface area contributed by atoms with Gasteiger partial charge in [0.2, 0.25) is 0 Å². The molecule has 0 aromatic heterocycles. The molecule has 1 amide bonds. The fourth-order valence-electron chi connectivity index (χ4n) is 2.36. The summed E-state index contributed by atoms with van der Waals surface area (Å²) in [5.74, 6) is -0.189. The summed E-state index contributed by atoms with van der Waals surface area (Å²) in [6.07, 6.45) is 0. The van der Waals surface area contributed by atoms with Crippen molar-refractivity contribution in [1.82, 2.24) is 0 Å². The van der Waals surface area contributed by atoms with Gasteiger partial charge in [0.15, 0.2) is 11.5 Å². The number of para-hydroxylation sites is 1. The lowest BCUT2D eigenvalue weighted by Gasteiger charge is -2.21. The molecule has 2 rings (SSSR count). The first-order chi connectivity index (χ1) is 12.4. The van der Waals surface area contributed by atoms with Crippen LogP contribution < -0.4 is 14.4 Å². The Labute approximate surface area is 153 Å². The number of amides is 1. The second-order valence-corrected chi connectivity index (χ2v) is 6.19. The zero-order valence-electron chi connectivity index (χ0n) is 15.1. The molecule has 26 heavy (non-hydrogen) atoms. The van der Waals surface area contributed by atoms with E-state index in [1.807, 2.05) is 13.8 Å². The normalized spacial score (nSPS) is 10.5. The minimum Gasteiger partial charge on any atom is -0.493 e. The SMILES string of the molecule is COc1cc(C(=O)N(CC(=O)O)c2ccccc2)ccc1OCC(C)C. The third-order valence-electron chi connectivity index (χ3n) is 3.59. The van der Waals surface area contributed by atoms with Crippen molar-refractivity contribution in [3.05, 3.63) is 54.1 Å². The number of carboxylic acid groups (broad SMARTS) is 1. The summed E-state index contributed by atoms with van der Waals surface area (Å²) in [6.45, 7) is 4.16. The summed E-state index contributed by atoms with van der Waals surface area (Å²) >= 11 is 0. The number of anilines is 1. The molecule has 0 saturated carbocycles. The highest BCUT2D eigenvalue weighted by Gasteiger charge is 2.21. The van der Waals surface area contributed by atoms with Crippen LogP contribution in [0.2, 0.25) is 0 Å². The fourth-order valence-corrected chi connectivity index (χ4v) is 2.36. The van der Waals surface area contributed by atoms with Crippen LogP contribution in [0.4, 0.5) is 5.69 Å². The second kappa shape index (κ2) is 8.89. The predicted molar refractivity (Wildman–Crippen MR) is 99.1 cm³/mol. The highest BCUT2D eigenvalue weighted by Crippen LogP contribution is 2.29. The van der Waals surface area contributed by atoms with Crippen molar-refractivity contribution in [3.8, 4) is 11.5 Å². The highest BCUT2D eigenvalue weighted by molar-refractivity contribution is 6.08. The molecule has 0 atom stereocenters. The molecule has 0 spiro atoms. The molecule has 2 aromatic carbocycles. The molecule has 2 aromatic rings. The third-order valence-corrected chi connectivity index (χ3v) is 3.59. The molecule has 0 radical (unpaired) electrons. The quantitative estimate of drug-likeness (QED) is 0.783. The summed E-state index contributed by atoms with van der Waals surface area (Å²) < 4.78 is 11.0. The van der Waals surface area contributed by atoms with Crippen LogP contribution in [-0.4, -0.2) is 37.2 Å². The van der Waals surface area contributed by atoms with Gasteiger partial charge in [0, 0.05) is 11.3 Å². The predicted octanol–water partition coefficient (Wildman–Crippen LogP) is 3.46. The first kappa shape index (κ1) is 19.3. The Balaban J connectivity index is 2.32. The van der Waals surface area contributed by atoms with Crippen LogP contribution in [0.25, 0.3) is 0 Å². The number of carboxylic acids is 1. The smallest absolute Gasteiger partial charge is 0.323 e. The molecule has 0 aliphatic heterocycles. The van der Waals surface area contributed by atoms with Gasteiger partial charge >= 0.3 is 5.97 Å². The molecular weight excluding hydrogens is 334 g/mol. The van der Waals surface area contributed by atoms with Gasteiger partial charge < -0.3 is 14.6 Å². The molecule has 0 fully saturated rings. The Hall–Kier alpha value is -3.02. The fraction of sp³-hybridized carbons (Fsp3) is 0.300. The van der Waals surface area contributed by atoms with Crippen molar-refractivity contribution < 1.29 is 24.2 Å². The van der Waals surface area contributed by atoms with E-state index < -0.39 is 18.4 Å². The molecule has 0 aliphatic rings. The van der Waals surface area contributed by atoms with E-state index in [-0.39, 0.29) is 0 Å². The number of hydrogen-bond donors (Lipinski definition) is 1. The molecule has 0 aliphatic carbocycles. The monoisotopic (exact) mass is 357 g/mol. The highest BCUT2D eigenvalue weighted by atomic mass is 16.5. The van der Waals surface area contributed by atoms with Crippen molar-refractivity contribution in [2.45, 2.75) is 13.8 Å². The number of methoxy groups -OCH3 is 1. The molecule has 6 nitrogen and oxygen atoms in total. The molecule has 6 heteroatoms. The first-order valence-electron chi connectivity index (χ1n) is 8.32. The van der Waals surface area contributed by atoms with Gasteiger partial charge in [0.05, 0.1) is 13.7 Å². The number of hydrogen-bond acceptors (Lipinski definition) is 4. The van der Waals surface area contributed by atoms with Gasteiger partial charge in [0.25, 0.3) is 5.91 Å². The Morgan fingerprint density at radius 1 is 1.08 bits per heavy atom. The van der Waals surface area contributed by atoms with Crippen LogP contribution in [0, 0.1) is 5.92 Å². The van der Waals surface area contributed by atoms with Gasteiger partial charge in [0.1, 0.15) is 6.54 Å². The third kappa shape index (κ3) is 4.99. The lowest BCUT2D eigenvalue weighted by Crippen LogP contribution is -2.35. The molecular formula is C20H23NO5. The average Bonchev–Trinajstić information content (AvgIpc) is 2.64. The number of benzene rings is 2. The van der Waals surface area contributed by atoms with Crippen LogP contribution in [0.15, 0.2) is 48.5 Å². The second-order valence-electron chi connectivity index (χ2n) is 6.19. The minimum absolute atomic E-state index is 0.323. The van der Waals surface area contributed by atoms with Gasteiger partial charge in [-0.3, -0.25) is 14.5 Å². The maximum atomic E-state index is 12.9. The number of carbonyl (C=O) groups is 2. The zero-order chi connectivity index (χ0) is 19.1. The van der Waals surface area contributed by atoms with E-state index in [1.54, 1.807) is 48.5 Å². The molecule has 0 unspecified atom stereocenters. The maximum Gasteiger partial charge on any atom is 0.323 e. The first-order valence-corrected chi connectivity index (χ1v) is 8.32. The Morgan fingerprint density at radius 3 is 2.35 bits per heavy atom. The van der Waals surface area contributed by atoms with E-state index in [4.69, 9.17) is 14.6 Å². The maximum absolute atomic E-state index is 12.9. The topological polar surface area (TPSA) is 76.1 Å². The average molecular weight is 357 g/mol. The van der Waals surface area contributed by atoms with Gasteiger partial charge in [-0.25, -0.2) is 0 Å². The summed E-state index contributed by atoms with van der Waals surface area (Å²) in [5, 5.41) is 9.17. The standard InChI is InChI=1S/C20H23NO5/c1-14(2)13-26-17-10-9-15(11-18(17)25-3)20(24)21(12-19(22)23)16-7-5-4-6-8-16/h4-11,14H,12-13H2,1-3H3,(H,22,23). The van der Waals surface area contributed by atoms with E-state index in [9.17, 15) is 9.59 Å². The molecule has 1 N–H and O–H groups in total. The van der Waals surface area contributed by atoms with Crippen LogP contribution in [0.3, 0.4) is 0 Å². The number of aliphatic carboxylic acids is 1. The van der Waals surface area contributed by atoms with Crippen molar-refractivity contribution in [2.24, 2.45) is 5.92 Å². The molecule has 0 saturated heterocycles. The van der Waals surface area contributed by atoms with Gasteiger partial charge in [-0.1, -0.05) is 32.0 Å². The number of ether oxygens (including phenoxy) is 2. The number of carbonyl (C=O) groups excluding carboxylic acids is 1. The van der Waals surface area contributed by atoms with E-state index >= 15 is 0 Å². The van der Waals surface area contributed by atoms with Crippen LogP contribution in [-0.2, 0) is 4.79 Å². The minimum atomic E-state index is -1.09. The van der Waals surface area contributed by atoms with E-state index in [0.717, 1.165) is 0 Å². The Bertz CT molecular complexity index is 758. The van der Waals surface area contributed by atoms with Crippen molar-refractivity contribution >= 4 is 17.6 Å². The number of rotatable bonds is 8. The van der Waals surface area contributed by atoms with Gasteiger partial charge in [-0.2, -0.15) is 0 Å². The lowest BCUT2D eigenvalue weighted by molar-refractivity contribution is -0.135. The summed E-state index contributed by atoms with van der Waals surface area (Å²) in [6, 6.07) is 13.5. The van der Waals surface area contributed by atoms with Crippen molar-refractivity contribution in [3.63, 3.8) is 0 Å². The Morgan fingerprint density at radius 2 is 1.77 bits per heavy atom. The summed E-state index contributed by atoms with van der Waals surface area (Å²) in [4.78, 5) is 25.3. The zero-order valence-corrected chi connectivity index (χ0v) is 15.1. The van der Waals surface area contributed by atoms with Gasteiger partial charge in [-0.05, 0) is 36.2 Å². The summed E-state index contributed by atoms with van der Waals surface area (Å²) in [5.41, 5.74) is 0.836. The molecule has 0 heterocycles. The van der Waals surface area contributed by atoms with E-state index in [0.29, 0.717) is 35.3 Å². The van der Waals surface area contributed by atoms with Crippen LogP contribution in [0.1, 0.15) is 24.2 Å². The molecule has 138 valence electrons. The lowest BCUT2D eigenvalue weighted by atomic mass is 10.1. The van der Waals surface area contributed by atoms with Crippen LogP contribution >= 0.6 is 0 Å². The Kier molecular flexibility index (Phi) is 6.60. The van der Waals surface area contributed by atoms with Crippen molar-refractivity contribution in [1.29, 1.82) is 0 Å². The van der Waals surface area contributed by atoms with E-state index in [1.165, 1.54) is 12.0 Å². The molecule has 0 bridgehead atoms. The van der Waals surface area contributed by atoms with E-state index in [2.05, 4.69) is 0 Å². The van der Waals surface area contributed by atoms with Gasteiger partial charge in [-0.15, -0.1) is 0 Å². The van der Waals surface area contributed by atoms with Crippen molar-refractivity contribution in [2.75, 3.05) is 25.2 Å². The summed E-state index contributed by atoms with van der Waals surface area (Å²) in [7, 11) is 1.50. The van der Waals surface area contributed by atoms with Crippen LogP contribution in [0.5, 0.6) is 11.5 Å². The number of nitrogens with zero attached hydrogens (tertiary/aromatic N) is 1. The largest absolute Gasteiger partial charge is 0.493 e.